The summed E-state index contributed by atoms with van der Waals surface area (Å²) in [4.78, 5) is 12.2. The van der Waals surface area contributed by atoms with Gasteiger partial charge in [0.25, 0.3) is 0 Å². The van der Waals surface area contributed by atoms with Crippen molar-refractivity contribution in [2.24, 2.45) is 0 Å². The number of nitrogens with zero attached hydrogens (tertiary/aromatic N) is 2. The first-order chi connectivity index (χ1) is 14.1. The van der Waals surface area contributed by atoms with E-state index < -0.39 is 8.45 Å². The second kappa shape index (κ2) is 13.8. The van der Waals surface area contributed by atoms with E-state index in [1.54, 1.807) is 0 Å². The number of aryl methyl sites for hydroxylation is 1. The van der Waals surface area contributed by atoms with Gasteiger partial charge < -0.3 is 9.26 Å². The van der Waals surface area contributed by atoms with Crippen LogP contribution in [-0.2, 0) is 9.26 Å². The molecule has 0 saturated heterocycles. The van der Waals surface area contributed by atoms with Crippen LogP contribution in [0.4, 0.5) is 0 Å². The van der Waals surface area contributed by atoms with E-state index in [0.717, 1.165) is 5.56 Å². The van der Waals surface area contributed by atoms with Gasteiger partial charge in [-0.25, -0.2) is 9.34 Å². The van der Waals surface area contributed by atoms with Crippen LogP contribution in [0.2, 0.25) is 0 Å². The minimum Gasteiger partial charge on any atom is -0.368 e. The van der Waals surface area contributed by atoms with Crippen LogP contribution in [0.15, 0.2) is 24.3 Å². The van der Waals surface area contributed by atoms with Gasteiger partial charge in [0, 0.05) is 29.7 Å². The molecule has 0 atom stereocenters. The molecule has 0 amide bonds. The summed E-state index contributed by atoms with van der Waals surface area (Å²) in [5.41, 5.74) is 1.86. The first-order valence-electron chi connectivity index (χ1n) is 10.9. The molecule has 0 heterocycles. The number of benzene rings is 1. The maximum Gasteiger partial charge on any atom is 0.221 e. The predicted octanol–water partition coefficient (Wildman–Crippen LogP) is 6.32. The maximum absolute atomic E-state index is 12.2. The van der Waals surface area contributed by atoms with Crippen molar-refractivity contribution in [2.45, 2.75) is 86.5 Å². The van der Waals surface area contributed by atoms with Crippen LogP contribution in [0.25, 0.3) is 0 Å². The van der Waals surface area contributed by atoms with Crippen molar-refractivity contribution in [1.29, 1.82) is 0 Å². The van der Waals surface area contributed by atoms with Crippen LogP contribution in [0, 0.1) is 6.92 Å². The highest BCUT2D eigenvalue weighted by atomic mass is 32.2. The Morgan fingerprint density at radius 3 is 1.77 bits per heavy atom. The number of carbonyl (C=O) groups excluding carboxylic acids is 1. The Bertz CT molecular complexity index is 587. The van der Waals surface area contributed by atoms with Gasteiger partial charge in [-0.3, -0.25) is 4.79 Å². The fourth-order valence-electron chi connectivity index (χ4n) is 3.34. The molecule has 0 aromatic heterocycles. The zero-order chi connectivity index (χ0) is 22.8. The average Bonchev–Trinajstić information content (AvgIpc) is 2.63. The topological polar surface area (TPSA) is 42.0 Å². The van der Waals surface area contributed by atoms with Gasteiger partial charge in [0.15, 0.2) is 8.45 Å². The molecule has 30 heavy (non-hydrogen) atoms. The molecule has 1 rings (SSSR count). The zero-order valence-electron chi connectivity index (χ0n) is 20.2. The highest BCUT2D eigenvalue weighted by Gasteiger charge is 2.34. The summed E-state index contributed by atoms with van der Waals surface area (Å²) >= 11 is 1.19. The fraction of sp³-hybridized carbons (Fsp3) is 0.696. The molecule has 172 valence electrons. The largest absolute Gasteiger partial charge is 0.368 e. The molecule has 0 fully saturated rings. The number of hydrogen-bond acceptors (Lipinski definition) is 6. The Balaban J connectivity index is 2.58. The zero-order valence-corrected chi connectivity index (χ0v) is 21.9. The first kappa shape index (κ1) is 27.5. The second-order valence-corrected chi connectivity index (χ2v) is 11.1. The van der Waals surface area contributed by atoms with Gasteiger partial charge in [-0.05, 0) is 62.3 Å². The molecular weight excluding hydrogens is 415 g/mol. The lowest BCUT2D eigenvalue weighted by Gasteiger charge is -2.45. The van der Waals surface area contributed by atoms with Gasteiger partial charge in [0.1, 0.15) is 0 Å². The Hall–Kier alpha value is -0.490. The summed E-state index contributed by atoms with van der Waals surface area (Å²) in [6, 6.07) is 9.18. The lowest BCUT2D eigenvalue weighted by molar-refractivity contribution is 0.106. The van der Waals surface area contributed by atoms with E-state index in [-0.39, 0.29) is 5.12 Å². The van der Waals surface area contributed by atoms with Crippen LogP contribution in [0.5, 0.6) is 0 Å². The van der Waals surface area contributed by atoms with Crippen molar-refractivity contribution in [3.8, 4) is 0 Å². The third-order valence-corrected chi connectivity index (χ3v) is 8.34. The molecule has 0 saturated carbocycles. The van der Waals surface area contributed by atoms with Gasteiger partial charge in [0.05, 0.1) is 19.2 Å². The van der Waals surface area contributed by atoms with Gasteiger partial charge in [0.2, 0.25) is 5.12 Å². The summed E-state index contributed by atoms with van der Waals surface area (Å²) in [5, 5.41) is 0.0368. The molecule has 1 aromatic carbocycles. The Morgan fingerprint density at radius 1 is 0.867 bits per heavy atom. The molecule has 0 unspecified atom stereocenters. The molecule has 0 N–H and O–H groups in total. The Morgan fingerprint density at radius 2 is 1.33 bits per heavy atom. The normalized spacial score (nSPS) is 12.5. The van der Waals surface area contributed by atoms with Crippen LogP contribution < -0.4 is 0 Å². The minimum atomic E-state index is -0.905. The molecule has 0 radical (unpaired) electrons. The van der Waals surface area contributed by atoms with Gasteiger partial charge in [-0.1, -0.05) is 41.6 Å². The van der Waals surface area contributed by atoms with E-state index in [1.165, 1.54) is 11.8 Å². The van der Waals surface area contributed by atoms with Crippen molar-refractivity contribution in [2.75, 3.05) is 19.2 Å². The van der Waals surface area contributed by atoms with Gasteiger partial charge in [-0.2, -0.15) is 0 Å². The summed E-state index contributed by atoms with van der Waals surface area (Å²) in [7, 11) is -0.905. The molecule has 0 spiro atoms. The smallest absolute Gasteiger partial charge is 0.221 e. The number of thioether (sulfide) groups is 1. The molecule has 0 bridgehead atoms. The number of carbonyl (C=O) groups is 1. The van der Waals surface area contributed by atoms with Crippen LogP contribution in [-0.4, -0.2) is 57.8 Å². The molecule has 0 aliphatic heterocycles. The summed E-state index contributed by atoms with van der Waals surface area (Å²) in [5.74, 6) is 0.337. The SMILES string of the molecule is Cc1ccc(C(=O)SCOCCOP(N(C(C)C)C(C)C)N(C(C)C)C(C)C)cc1. The van der Waals surface area contributed by atoms with E-state index in [9.17, 15) is 4.79 Å². The van der Waals surface area contributed by atoms with E-state index >= 15 is 0 Å². The summed E-state index contributed by atoms with van der Waals surface area (Å²) in [6.45, 7) is 20.8. The lowest BCUT2D eigenvalue weighted by atomic mass is 10.2. The molecule has 5 nitrogen and oxygen atoms in total. The van der Waals surface area contributed by atoms with Crippen molar-refractivity contribution < 1.29 is 14.1 Å². The molecular formula is C23H41N2O3PS. The van der Waals surface area contributed by atoms with Crippen LogP contribution in [0.1, 0.15) is 71.3 Å². The molecule has 1 aromatic rings. The standard InChI is InChI=1S/C23H41N2O3PS/c1-17(2)24(18(3)4)29(25(19(5)6)20(7)8)28-15-14-27-16-30-23(26)22-12-10-21(9)11-13-22/h10-13,17-20H,14-16H2,1-9H3. The van der Waals surface area contributed by atoms with Crippen LogP contribution in [0.3, 0.4) is 0 Å². The molecule has 0 aliphatic carbocycles. The van der Waals surface area contributed by atoms with E-state index in [0.29, 0.717) is 48.9 Å². The number of ether oxygens (including phenoxy) is 1. The third kappa shape index (κ3) is 8.94. The molecule has 7 heteroatoms. The van der Waals surface area contributed by atoms with E-state index in [4.69, 9.17) is 9.26 Å². The van der Waals surface area contributed by atoms with Crippen molar-refractivity contribution >= 4 is 25.3 Å². The van der Waals surface area contributed by atoms with Gasteiger partial charge >= 0.3 is 0 Å². The minimum absolute atomic E-state index is 0.0368. The van der Waals surface area contributed by atoms with Gasteiger partial charge in [-0.15, -0.1) is 0 Å². The first-order valence-corrected chi connectivity index (χ1v) is 13.0. The lowest BCUT2D eigenvalue weighted by Crippen LogP contribution is -2.43. The van der Waals surface area contributed by atoms with Crippen molar-refractivity contribution in [3.05, 3.63) is 35.4 Å². The highest BCUT2D eigenvalue weighted by molar-refractivity contribution is 8.14. The second-order valence-electron chi connectivity index (χ2n) is 8.54. The summed E-state index contributed by atoms with van der Waals surface area (Å²) in [6.07, 6.45) is 0. The third-order valence-electron chi connectivity index (χ3n) is 4.51. The fourth-order valence-corrected chi connectivity index (χ4v) is 6.27. The average molecular weight is 457 g/mol. The molecule has 0 aliphatic rings. The predicted molar refractivity (Wildman–Crippen MR) is 131 cm³/mol. The summed E-state index contributed by atoms with van der Waals surface area (Å²) < 4.78 is 17.0. The van der Waals surface area contributed by atoms with Crippen molar-refractivity contribution in [1.82, 2.24) is 9.34 Å². The van der Waals surface area contributed by atoms with E-state index in [1.807, 2.05) is 31.2 Å². The number of hydrogen-bond donors (Lipinski definition) is 0. The van der Waals surface area contributed by atoms with Crippen molar-refractivity contribution in [3.63, 3.8) is 0 Å². The van der Waals surface area contributed by atoms with Crippen LogP contribution >= 0.6 is 20.2 Å². The highest BCUT2D eigenvalue weighted by Crippen LogP contribution is 2.50. The monoisotopic (exact) mass is 456 g/mol. The Kier molecular flexibility index (Phi) is 12.7. The maximum atomic E-state index is 12.2. The quantitative estimate of drug-likeness (QED) is 0.196. The van der Waals surface area contributed by atoms with E-state index in [2.05, 4.69) is 64.7 Å². The Labute approximate surface area is 189 Å². The number of rotatable bonds is 13.